The molecule has 0 fully saturated rings. The van der Waals surface area contributed by atoms with Crippen molar-refractivity contribution in [2.75, 3.05) is 16.8 Å². The van der Waals surface area contributed by atoms with Gasteiger partial charge in [0.05, 0.1) is 24.0 Å². The fourth-order valence-corrected chi connectivity index (χ4v) is 3.36. The Labute approximate surface area is 160 Å². The molecule has 27 heavy (non-hydrogen) atoms. The van der Waals surface area contributed by atoms with E-state index in [2.05, 4.69) is 36.5 Å². The van der Waals surface area contributed by atoms with Crippen LogP contribution in [-0.2, 0) is 4.79 Å². The van der Waals surface area contributed by atoms with Crippen molar-refractivity contribution in [3.05, 3.63) is 102 Å². The lowest BCUT2D eigenvalue weighted by Gasteiger charge is -2.35. The largest absolute Gasteiger partial charge is 0.375 e. The third-order valence-electron chi connectivity index (χ3n) is 4.85. The van der Waals surface area contributed by atoms with Gasteiger partial charge >= 0.3 is 0 Å². The standard InChI is InChI=1S/C24H22N2O/c1-18-11-13-19(14-12-18)15-16-24(27)26-17-22(20-7-3-2-4-8-20)25-21-9-5-6-10-23(21)26/h2-16,22,25H,17H2,1H3/b16-15+. The number of fused-ring (bicyclic) bond motifs is 1. The van der Waals surface area contributed by atoms with Crippen molar-refractivity contribution in [1.82, 2.24) is 0 Å². The van der Waals surface area contributed by atoms with E-state index in [1.54, 1.807) is 6.08 Å². The second-order valence-corrected chi connectivity index (χ2v) is 6.82. The molecule has 0 saturated carbocycles. The average molecular weight is 354 g/mol. The van der Waals surface area contributed by atoms with E-state index < -0.39 is 0 Å². The molecule has 0 aromatic heterocycles. The van der Waals surface area contributed by atoms with Crippen molar-refractivity contribution in [2.24, 2.45) is 0 Å². The molecular weight excluding hydrogens is 332 g/mol. The first kappa shape index (κ1) is 17.1. The Morgan fingerprint density at radius 3 is 2.44 bits per heavy atom. The van der Waals surface area contributed by atoms with Gasteiger partial charge in [-0.15, -0.1) is 0 Å². The van der Waals surface area contributed by atoms with Gasteiger partial charge in [-0.2, -0.15) is 0 Å². The van der Waals surface area contributed by atoms with Gasteiger partial charge < -0.3 is 10.2 Å². The highest BCUT2D eigenvalue weighted by molar-refractivity contribution is 6.06. The Morgan fingerprint density at radius 2 is 1.67 bits per heavy atom. The van der Waals surface area contributed by atoms with Crippen molar-refractivity contribution in [1.29, 1.82) is 0 Å². The topological polar surface area (TPSA) is 32.3 Å². The number of rotatable bonds is 3. The molecule has 4 rings (SSSR count). The maximum atomic E-state index is 13.0. The van der Waals surface area contributed by atoms with Gasteiger partial charge in [-0.25, -0.2) is 0 Å². The second-order valence-electron chi connectivity index (χ2n) is 6.82. The molecular formula is C24H22N2O. The van der Waals surface area contributed by atoms with Crippen LogP contribution in [0.5, 0.6) is 0 Å². The van der Waals surface area contributed by atoms with Gasteiger partial charge in [0.1, 0.15) is 0 Å². The normalized spacial score (nSPS) is 16.0. The van der Waals surface area contributed by atoms with Gasteiger partial charge in [0.15, 0.2) is 0 Å². The molecule has 0 saturated heterocycles. The van der Waals surface area contributed by atoms with Crippen LogP contribution in [0.15, 0.2) is 84.9 Å². The molecule has 1 unspecified atom stereocenters. The van der Waals surface area contributed by atoms with Gasteiger partial charge in [-0.3, -0.25) is 4.79 Å². The monoisotopic (exact) mass is 354 g/mol. The van der Waals surface area contributed by atoms with Crippen LogP contribution in [0, 0.1) is 6.92 Å². The number of carbonyl (C=O) groups excluding carboxylic acids is 1. The van der Waals surface area contributed by atoms with E-state index in [1.807, 2.05) is 65.6 Å². The van der Waals surface area contributed by atoms with Gasteiger partial charge in [0, 0.05) is 6.08 Å². The Balaban J connectivity index is 1.61. The highest BCUT2D eigenvalue weighted by Gasteiger charge is 2.27. The molecule has 3 aromatic rings. The minimum Gasteiger partial charge on any atom is -0.375 e. The van der Waals surface area contributed by atoms with E-state index in [4.69, 9.17) is 0 Å². The molecule has 3 aromatic carbocycles. The number of nitrogens with zero attached hydrogens (tertiary/aromatic N) is 1. The van der Waals surface area contributed by atoms with Crippen molar-refractivity contribution >= 4 is 23.4 Å². The summed E-state index contributed by atoms with van der Waals surface area (Å²) < 4.78 is 0. The maximum absolute atomic E-state index is 13.0. The van der Waals surface area contributed by atoms with Crippen LogP contribution < -0.4 is 10.2 Å². The zero-order valence-electron chi connectivity index (χ0n) is 15.3. The average Bonchev–Trinajstić information content (AvgIpc) is 2.73. The first-order valence-electron chi connectivity index (χ1n) is 9.17. The van der Waals surface area contributed by atoms with Crippen LogP contribution in [0.4, 0.5) is 11.4 Å². The highest BCUT2D eigenvalue weighted by Crippen LogP contribution is 2.35. The molecule has 1 N–H and O–H groups in total. The fraction of sp³-hybridized carbons (Fsp3) is 0.125. The molecule has 134 valence electrons. The number of benzene rings is 3. The lowest BCUT2D eigenvalue weighted by Crippen LogP contribution is -2.39. The Kier molecular flexibility index (Phi) is 4.75. The number of hydrogen-bond donors (Lipinski definition) is 1. The predicted octanol–water partition coefficient (Wildman–Crippen LogP) is 5.21. The summed E-state index contributed by atoms with van der Waals surface area (Å²) >= 11 is 0. The van der Waals surface area contributed by atoms with Crippen molar-refractivity contribution in [3.63, 3.8) is 0 Å². The number of hydrogen-bond acceptors (Lipinski definition) is 2. The third-order valence-corrected chi connectivity index (χ3v) is 4.85. The van der Waals surface area contributed by atoms with Crippen molar-refractivity contribution in [3.8, 4) is 0 Å². The molecule has 0 radical (unpaired) electrons. The molecule has 0 bridgehead atoms. The zero-order valence-corrected chi connectivity index (χ0v) is 15.3. The summed E-state index contributed by atoms with van der Waals surface area (Å²) in [5.74, 6) is -0.00884. The van der Waals surface area contributed by atoms with E-state index in [-0.39, 0.29) is 11.9 Å². The molecule has 1 atom stereocenters. The molecule has 0 aliphatic carbocycles. The van der Waals surface area contributed by atoms with Crippen LogP contribution in [0.25, 0.3) is 6.08 Å². The van der Waals surface area contributed by atoms with Crippen LogP contribution in [0.1, 0.15) is 22.7 Å². The first-order chi connectivity index (χ1) is 13.2. The summed E-state index contributed by atoms with van der Waals surface area (Å²) in [5.41, 5.74) is 5.31. The second kappa shape index (κ2) is 7.50. The summed E-state index contributed by atoms with van der Waals surface area (Å²) in [4.78, 5) is 14.8. The molecule has 1 amide bonds. The van der Waals surface area contributed by atoms with Gasteiger partial charge in [0.2, 0.25) is 0 Å². The highest BCUT2D eigenvalue weighted by atomic mass is 16.2. The molecule has 3 heteroatoms. The lowest BCUT2D eigenvalue weighted by atomic mass is 10.0. The number of nitrogens with one attached hydrogen (secondary N) is 1. The third kappa shape index (κ3) is 3.77. The Hall–Kier alpha value is -3.33. The Bertz CT molecular complexity index is 961. The van der Waals surface area contributed by atoms with Crippen LogP contribution in [0.2, 0.25) is 0 Å². The number of anilines is 2. The summed E-state index contributed by atoms with van der Waals surface area (Å²) in [6.45, 7) is 2.65. The molecule has 1 aliphatic heterocycles. The van der Waals surface area contributed by atoms with Crippen LogP contribution in [-0.4, -0.2) is 12.5 Å². The van der Waals surface area contributed by atoms with E-state index >= 15 is 0 Å². The first-order valence-corrected chi connectivity index (χ1v) is 9.17. The summed E-state index contributed by atoms with van der Waals surface area (Å²) in [6, 6.07) is 26.4. The van der Waals surface area contributed by atoms with Gasteiger partial charge in [-0.05, 0) is 36.3 Å². The minimum atomic E-state index is -0.00884. The van der Waals surface area contributed by atoms with E-state index in [0.29, 0.717) is 6.54 Å². The zero-order chi connectivity index (χ0) is 18.6. The molecule has 1 heterocycles. The van der Waals surface area contributed by atoms with Crippen LogP contribution >= 0.6 is 0 Å². The number of carbonyl (C=O) groups is 1. The smallest absolute Gasteiger partial charge is 0.251 e. The van der Waals surface area contributed by atoms with E-state index in [1.165, 1.54) is 11.1 Å². The van der Waals surface area contributed by atoms with Gasteiger partial charge in [0.25, 0.3) is 5.91 Å². The predicted molar refractivity (Wildman–Crippen MR) is 112 cm³/mol. The summed E-state index contributed by atoms with van der Waals surface area (Å²) in [5, 5.41) is 3.56. The molecule has 3 nitrogen and oxygen atoms in total. The number of aryl methyl sites for hydroxylation is 1. The lowest BCUT2D eigenvalue weighted by molar-refractivity contribution is -0.114. The maximum Gasteiger partial charge on any atom is 0.251 e. The number of amides is 1. The quantitative estimate of drug-likeness (QED) is 0.655. The Morgan fingerprint density at radius 1 is 0.963 bits per heavy atom. The van der Waals surface area contributed by atoms with Crippen molar-refractivity contribution in [2.45, 2.75) is 13.0 Å². The molecule has 0 spiro atoms. The molecule has 1 aliphatic rings. The van der Waals surface area contributed by atoms with Crippen molar-refractivity contribution < 1.29 is 4.79 Å². The van der Waals surface area contributed by atoms with Gasteiger partial charge in [-0.1, -0.05) is 72.3 Å². The summed E-state index contributed by atoms with van der Waals surface area (Å²) in [6.07, 6.45) is 3.54. The SMILES string of the molecule is Cc1ccc(/C=C/C(=O)N2CC(c3ccccc3)Nc3ccccc32)cc1. The summed E-state index contributed by atoms with van der Waals surface area (Å²) in [7, 11) is 0. The van der Waals surface area contributed by atoms with E-state index in [0.717, 1.165) is 16.9 Å². The van der Waals surface area contributed by atoms with E-state index in [9.17, 15) is 4.79 Å². The number of para-hydroxylation sites is 2. The van der Waals surface area contributed by atoms with Crippen LogP contribution in [0.3, 0.4) is 0 Å². The fourth-order valence-electron chi connectivity index (χ4n) is 3.36. The minimum absolute atomic E-state index is 0.00884.